The molecule has 1 aromatic heterocycles. The fourth-order valence-corrected chi connectivity index (χ4v) is 3.76. The molecule has 0 saturated heterocycles. The average Bonchev–Trinajstić information content (AvgIpc) is 2.98. The van der Waals surface area contributed by atoms with E-state index >= 15 is 0 Å². The van der Waals surface area contributed by atoms with Gasteiger partial charge in [0.1, 0.15) is 17.1 Å². The number of alkyl halides is 1. The van der Waals surface area contributed by atoms with Crippen LogP contribution in [0.4, 0.5) is 0 Å². The van der Waals surface area contributed by atoms with Gasteiger partial charge in [0.25, 0.3) is 0 Å². The lowest BCUT2D eigenvalue weighted by atomic mass is 9.92. The summed E-state index contributed by atoms with van der Waals surface area (Å²) in [5.74, 6) is 2.54. The monoisotopic (exact) mass is 306 g/mol. The quantitative estimate of drug-likeness (QED) is 0.773. The zero-order chi connectivity index (χ0) is 15.0. The molecule has 1 heterocycles. The molecule has 3 rings (SSSR count). The summed E-state index contributed by atoms with van der Waals surface area (Å²) in [6.07, 6.45) is 4.48. The molecule has 0 spiro atoms. The molecule has 1 atom stereocenters. The summed E-state index contributed by atoms with van der Waals surface area (Å²) >= 11 is 5.99. The summed E-state index contributed by atoms with van der Waals surface area (Å²) in [5, 5.41) is 0. The standard InChI is InChI=1S/C17H23ClN2O/c1-17(2)9-7-12(11-17)20-13-5-4-6-14(21-3)16(13)19-15(20)8-10-18/h4-6,12H,7-11H2,1-3H3. The summed E-state index contributed by atoms with van der Waals surface area (Å²) in [6.45, 7) is 4.71. The van der Waals surface area contributed by atoms with Crippen molar-refractivity contribution in [2.24, 2.45) is 5.41 Å². The first-order valence-electron chi connectivity index (χ1n) is 7.65. The van der Waals surface area contributed by atoms with Crippen molar-refractivity contribution in [3.05, 3.63) is 24.0 Å². The highest BCUT2D eigenvalue weighted by Crippen LogP contribution is 2.45. The zero-order valence-electron chi connectivity index (χ0n) is 13.0. The molecule has 0 bridgehead atoms. The van der Waals surface area contributed by atoms with Gasteiger partial charge in [-0.05, 0) is 36.8 Å². The Kier molecular flexibility index (Phi) is 3.87. The van der Waals surface area contributed by atoms with Crippen LogP contribution < -0.4 is 4.74 Å². The van der Waals surface area contributed by atoms with E-state index in [4.69, 9.17) is 21.3 Å². The predicted molar refractivity (Wildman–Crippen MR) is 87.4 cm³/mol. The van der Waals surface area contributed by atoms with Crippen LogP contribution in [-0.2, 0) is 6.42 Å². The number of nitrogens with zero attached hydrogens (tertiary/aromatic N) is 2. The van der Waals surface area contributed by atoms with Gasteiger partial charge in [-0.25, -0.2) is 4.98 Å². The van der Waals surface area contributed by atoms with Gasteiger partial charge in [0.05, 0.1) is 12.6 Å². The minimum atomic E-state index is 0.415. The SMILES string of the molecule is COc1cccc2c1nc(CCCl)n2C1CCC(C)(C)C1. The van der Waals surface area contributed by atoms with Crippen molar-refractivity contribution in [3.8, 4) is 5.75 Å². The normalized spacial score (nSPS) is 21.0. The van der Waals surface area contributed by atoms with Gasteiger partial charge in [-0.3, -0.25) is 0 Å². The number of methoxy groups -OCH3 is 1. The van der Waals surface area contributed by atoms with Gasteiger partial charge in [0.15, 0.2) is 0 Å². The number of ether oxygens (including phenoxy) is 1. The van der Waals surface area contributed by atoms with E-state index in [-0.39, 0.29) is 0 Å². The van der Waals surface area contributed by atoms with E-state index in [0.717, 1.165) is 23.5 Å². The lowest BCUT2D eigenvalue weighted by molar-refractivity contribution is 0.358. The molecule has 4 heteroatoms. The fraction of sp³-hybridized carbons (Fsp3) is 0.588. The molecule has 0 N–H and O–H groups in total. The van der Waals surface area contributed by atoms with Gasteiger partial charge in [-0.2, -0.15) is 0 Å². The van der Waals surface area contributed by atoms with Gasteiger partial charge in [0.2, 0.25) is 0 Å². The van der Waals surface area contributed by atoms with Crippen molar-refractivity contribution in [3.63, 3.8) is 0 Å². The Morgan fingerprint density at radius 3 is 2.86 bits per heavy atom. The Morgan fingerprint density at radius 1 is 1.43 bits per heavy atom. The molecule has 0 aliphatic heterocycles. The van der Waals surface area contributed by atoms with Crippen LogP contribution in [0, 0.1) is 5.41 Å². The van der Waals surface area contributed by atoms with Crippen molar-refractivity contribution in [1.82, 2.24) is 9.55 Å². The maximum absolute atomic E-state index is 5.99. The van der Waals surface area contributed by atoms with Gasteiger partial charge < -0.3 is 9.30 Å². The first kappa shape index (κ1) is 14.7. The van der Waals surface area contributed by atoms with Crippen molar-refractivity contribution in [2.75, 3.05) is 13.0 Å². The molecule has 1 fully saturated rings. The van der Waals surface area contributed by atoms with E-state index in [1.807, 2.05) is 12.1 Å². The number of imidazole rings is 1. The molecule has 21 heavy (non-hydrogen) atoms. The van der Waals surface area contributed by atoms with Crippen LogP contribution in [0.2, 0.25) is 0 Å². The Labute approximate surface area is 131 Å². The number of aromatic nitrogens is 2. The van der Waals surface area contributed by atoms with E-state index < -0.39 is 0 Å². The second-order valence-corrected chi connectivity index (χ2v) is 7.10. The van der Waals surface area contributed by atoms with Crippen LogP contribution in [0.1, 0.15) is 45.0 Å². The molecule has 0 radical (unpaired) electrons. The van der Waals surface area contributed by atoms with Gasteiger partial charge >= 0.3 is 0 Å². The summed E-state index contributed by atoms with van der Waals surface area (Å²) in [7, 11) is 1.70. The second kappa shape index (κ2) is 5.53. The predicted octanol–water partition coefficient (Wildman–Crippen LogP) is 4.58. The van der Waals surface area contributed by atoms with E-state index in [2.05, 4.69) is 24.5 Å². The van der Waals surface area contributed by atoms with Crippen molar-refractivity contribution < 1.29 is 4.74 Å². The highest BCUT2D eigenvalue weighted by Gasteiger charge is 2.33. The van der Waals surface area contributed by atoms with Crippen molar-refractivity contribution >= 4 is 22.6 Å². The molecule has 3 nitrogen and oxygen atoms in total. The average molecular weight is 307 g/mol. The molecule has 1 saturated carbocycles. The Bertz CT molecular complexity index is 648. The number of aryl methyl sites for hydroxylation is 1. The number of fused-ring (bicyclic) bond motifs is 1. The van der Waals surface area contributed by atoms with Crippen LogP contribution >= 0.6 is 11.6 Å². The molecule has 1 aromatic carbocycles. The number of para-hydroxylation sites is 1. The highest BCUT2D eigenvalue weighted by atomic mass is 35.5. The van der Waals surface area contributed by atoms with Crippen LogP contribution in [0.25, 0.3) is 11.0 Å². The molecule has 2 aromatic rings. The van der Waals surface area contributed by atoms with Crippen LogP contribution in [0.15, 0.2) is 18.2 Å². The van der Waals surface area contributed by atoms with Crippen LogP contribution in [0.3, 0.4) is 0 Å². The van der Waals surface area contributed by atoms with Gasteiger partial charge in [-0.1, -0.05) is 19.9 Å². The first-order valence-corrected chi connectivity index (χ1v) is 8.19. The first-order chi connectivity index (χ1) is 10.1. The van der Waals surface area contributed by atoms with Crippen molar-refractivity contribution in [2.45, 2.75) is 45.6 Å². The number of hydrogen-bond donors (Lipinski definition) is 0. The Balaban J connectivity index is 2.13. The minimum Gasteiger partial charge on any atom is -0.494 e. The molecule has 114 valence electrons. The van der Waals surface area contributed by atoms with E-state index in [1.54, 1.807) is 7.11 Å². The number of benzene rings is 1. The zero-order valence-corrected chi connectivity index (χ0v) is 13.8. The Morgan fingerprint density at radius 2 is 2.24 bits per heavy atom. The lowest BCUT2D eigenvalue weighted by Gasteiger charge is -2.20. The fourth-order valence-electron chi connectivity index (χ4n) is 3.59. The largest absolute Gasteiger partial charge is 0.494 e. The maximum Gasteiger partial charge on any atom is 0.146 e. The summed E-state index contributed by atoms with van der Waals surface area (Å²) in [5.41, 5.74) is 2.56. The van der Waals surface area contributed by atoms with Gasteiger partial charge in [-0.15, -0.1) is 11.6 Å². The third kappa shape index (κ3) is 2.64. The minimum absolute atomic E-state index is 0.415. The summed E-state index contributed by atoms with van der Waals surface area (Å²) in [6, 6.07) is 6.69. The van der Waals surface area contributed by atoms with E-state index in [9.17, 15) is 0 Å². The van der Waals surface area contributed by atoms with Crippen molar-refractivity contribution in [1.29, 1.82) is 0 Å². The van der Waals surface area contributed by atoms with Crippen LogP contribution in [0.5, 0.6) is 5.75 Å². The van der Waals surface area contributed by atoms with Crippen LogP contribution in [-0.4, -0.2) is 22.5 Å². The van der Waals surface area contributed by atoms with E-state index in [1.165, 1.54) is 24.8 Å². The smallest absolute Gasteiger partial charge is 0.146 e. The molecule has 1 unspecified atom stereocenters. The highest BCUT2D eigenvalue weighted by molar-refractivity contribution is 6.17. The number of halogens is 1. The lowest BCUT2D eigenvalue weighted by Crippen LogP contribution is -2.12. The number of rotatable bonds is 4. The summed E-state index contributed by atoms with van der Waals surface area (Å²) < 4.78 is 7.88. The third-order valence-corrected chi connectivity index (χ3v) is 4.79. The summed E-state index contributed by atoms with van der Waals surface area (Å²) in [4.78, 5) is 4.82. The van der Waals surface area contributed by atoms with Gasteiger partial charge in [0, 0.05) is 18.3 Å². The third-order valence-electron chi connectivity index (χ3n) is 4.60. The van der Waals surface area contributed by atoms with E-state index in [0.29, 0.717) is 17.3 Å². The number of hydrogen-bond acceptors (Lipinski definition) is 2. The molecular formula is C17H23ClN2O. The topological polar surface area (TPSA) is 27.1 Å². The second-order valence-electron chi connectivity index (χ2n) is 6.73. The molecule has 0 amide bonds. The maximum atomic E-state index is 5.99. The Hall–Kier alpha value is -1.22. The molecular weight excluding hydrogens is 284 g/mol. The molecule has 1 aliphatic rings. The molecule has 1 aliphatic carbocycles.